The highest BCUT2D eigenvalue weighted by Gasteiger charge is 2.05. The van der Waals surface area contributed by atoms with E-state index < -0.39 is 0 Å². The van der Waals surface area contributed by atoms with Crippen LogP contribution in [-0.4, -0.2) is 25.6 Å². The maximum Gasteiger partial charge on any atom is 0.137 e. The first-order valence-corrected chi connectivity index (χ1v) is 3.29. The molecule has 0 saturated carbocycles. The summed E-state index contributed by atoms with van der Waals surface area (Å²) in [5.74, 6) is 0. The lowest BCUT2D eigenvalue weighted by atomic mass is 10.3. The maximum atomic E-state index is 3.92. The Balaban J connectivity index is 2.96. The lowest BCUT2D eigenvalue weighted by Crippen LogP contribution is -1.91. The van der Waals surface area contributed by atoms with Crippen LogP contribution < -0.4 is 0 Å². The molecule has 2 rings (SSSR count). The summed E-state index contributed by atoms with van der Waals surface area (Å²) in [4.78, 5) is 0. The summed E-state index contributed by atoms with van der Waals surface area (Å²) in [5.41, 5.74) is 3.31. The third-order valence-corrected chi connectivity index (χ3v) is 1.60. The van der Waals surface area contributed by atoms with Crippen molar-refractivity contribution in [3.63, 3.8) is 0 Å². The van der Waals surface area contributed by atoms with Crippen LogP contribution in [0.2, 0.25) is 0 Å². The van der Waals surface area contributed by atoms with Crippen molar-refractivity contribution in [1.82, 2.24) is 25.6 Å². The van der Waals surface area contributed by atoms with E-state index in [2.05, 4.69) is 25.6 Å². The molecule has 0 aliphatic heterocycles. The van der Waals surface area contributed by atoms with Crippen LogP contribution in [0.3, 0.4) is 0 Å². The number of fused-ring (bicyclic) bond motifs is 1. The molecule has 2 aromatic rings. The van der Waals surface area contributed by atoms with E-state index in [-0.39, 0.29) is 0 Å². The molecule has 2 aromatic heterocycles. The van der Waals surface area contributed by atoms with Crippen molar-refractivity contribution in [1.29, 1.82) is 0 Å². The zero-order valence-electron chi connectivity index (χ0n) is 6.29. The number of hydrogen-bond acceptors (Lipinski definition) is 4. The van der Waals surface area contributed by atoms with Gasteiger partial charge in [-0.2, -0.15) is 10.2 Å². The Morgan fingerprint density at radius 3 is 2.45 bits per heavy atom. The number of hydrogen-bond donors (Lipinski definition) is 1. The van der Waals surface area contributed by atoms with Gasteiger partial charge in [0, 0.05) is 0 Å². The van der Waals surface area contributed by atoms with Crippen LogP contribution in [0.4, 0.5) is 0 Å². The smallest absolute Gasteiger partial charge is 0.137 e. The molecule has 0 fully saturated rings. The molecule has 2 heterocycles. The average molecular weight is 149 g/mol. The van der Waals surface area contributed by atoms with E-state index in [9.17, 15) is 0 Å². The topological polar surface area (TPSA) is 67.3 Å². The van der Waals surface area contributed by atoms with Gasteiger partial charge >= 0.3 is 0 Å². The van der Waals surface area contributed by atoms with Crippen LogP contribution in [0.25, 0.3) is 11.0 Å². The molecule has 0 spiro atoms. The summed E-state index contributed by atoms with van der Waals surface area (Å²) >= 11 is 0. The minimum atomic E-state index is 0.803. The molecule has 0 atom stereocenters. The molecule has 1 N–H and O–H groups in total. The van der Waals surface area contributed by atoms with Gasteiger partial charge < -0.3 is 0 Å². The molecule has 0 bridgehead atoms. The highest BCUT2D eigenvalue weighted by Crippen LogP contribution is 2.11. The van der Waals surface area contributed by atoms with Crippen molar-refractivity contribution >= 4 is 11.0 Å². The number of H-pyrrole nitrogens is 1. The van der Waals surface area contributed by atoms with Gasteiger partial charge in [-0.1, -0.05) is 5.21 Å². The second kappa shape index (κ2) is 1.98. The van der Waals surface area contributed by atoms with Gasteiger partial charge in [0.15, 0.2) is 0 Å². The SMILES string of the molecule is Cc1nnc(C)c2[nH]nnc12. The van der Waals surface area contributed by atoms with Gasteiger partial charge in [-0.25, -0.2) is 0 Å². The Hall–Kier alpha value is -1.52. The predicted octanol–water partition coefficient (Wildman–Crippen LogP) is 0.365. The van der Waals surface area contributed by atoms with Gasteiger partial charge in [0.25, 0.3) is 0 Å². The first-order valence-electron chi connectivity index (χ1n) is 3.29. The summed E-state index contributed by atoms with van der Waals surface area (Å²) in [6.07, 6.45) is 0. The third kappa shape index (κ3) is 0.772. The number of nitrogens with one attached hydrogen (secondary N) is 1. The van der Waals surface area contributed by atoms with Crippen molar-refractivity contribution in [2.75, 3.05) is 0 Å². The van der Waals surface area contributed by atoms with Gasteiger partial charge in [0.05, 0.1) is 11.4 Å². The van der Waals surface area contributed by atoms with Gasteiger partial charge in [-0.05, 0) is 13.8 Å². The largest absolute Gasteiger partial charge is 0.256 e. The lowest BCUT2D eigenvalue weighted by molar-refractivity contribution is 0.956. The lowest BCUT2D eigenvalue weighted by Gasteiger charge is -1.92. The van der Waals surface area contributed by atoms with Crippen LogP contribution in [0.5, 0.6) is 0 Å². The molecule has 5 nitrogen and oxygen atoms in total. The first kappa shape index (κ1) is 6.21. The molecular weight excluding hydrogens is 142 g/mol. The van der Waals surface area contributed by atoms with Crippen LogP contribution in [0, 0.1) is 13.8 Å². The fraction of sp³-hybridized carbons (Fsp3) is 0.333. The molecule has 0 aliphatic carbocycles. The molecule has 0 aromatic carbocycles. The van der Waals surface area contributed by atoms with E-state index in [1.165, 1.54) is 0 Å². The van der Waals surface area contributed by atoms with E-state index in [0.717, 1.165) is 22.4 Å². The first-order chi connectivity index (χ1) is 5.29. The van der Waals surface area contributed by atoms with Gasteiger partial charge in [0.1, 0.15) is 11.0 Å². The molecule has 0 saturated heterocycles. The molecule has 0 aliphatic rings. The minimum absolute atomic E-state index is 0.803. The number of aromatic amines is 1. The zero-order valence-corrected chi connectivity index (χ0v) is 6.29. The van der Waals surface area contributed by atoms with Crippen molar-refractivity contribution in [3.05, 3.63) is 11.4 Å². The molecule has 0 unspecified atom stereocenters. The summed E-state index contributed by atoms with van der Waals surface area (Å²) in [6.45, 7) is 3.73. The fourth-order valence-electron chi connectivity index (χ4n) is 0.981. The molecule has 0 radical (unpaired) electrons. The molecule has 56 valence electrons. The zero-order chi connectivity index (χ0) is 7.84. The highest BCUT2D eigenvalue weighted by atomic mass is 15.3. The van der Waals surface area contributed by atoms with Crippen molar-refractivity contribution in [3.8, 4) is 0 Å². The Morgan fingerprint density at radius 1 is 1.00 bits per heavy atom. The van der Waals surface area contributed by atoms with Crippen LogP contribution in [-0.2, 0) is 0 Å². The number of rotatable bonds is 0. The quantitative estimate of drug-likeness (QED) is 0.587. The van der Waals surface area contributed by atoms with Crippen molar-refractivity contribution in [2.45, 2.75) is 13.8 Å². The Bertz CT molecular complexity index is 355. The monoisotopic (exact) mass is 149 g/mol. The summed E-state index contributed by atoms with van der Waals surface area (Å²) in [5, 5.41) is 18.1. The number of aromatic nitrogens is 5. The van der Waals surface area contributed by atoms with E-state index in [1.807, 2.05) is 13.8 Å². The van der Waals surface area contributed by atoms with Gasteiger partial charge in [0.2, 0.25) is 0 Å². The van der Waals surface area contributed by atoms with Crippen molar-refractivity contribution < 1.29 is 0 Å². The van der Waals surface area contributed by atoms with Crippen LogP contribution in [0.1, 0.15) is 11.4 Å². The molecule has 0 amide bonds. The summed E-state index contributed by atoms with van der Waals surface area (Å²) < 4.78 is 0. The van der Waals surface area contributed by atoms with Crippen molar-refractivity contribution in [2.24, 2.45) is 0 Å². The molecule has 5 heteroatoms. The van der Waals surface area contributed by atoms with E-state index in [1.54, 1.807) is 0 Å². The standard InChI is InChI=1S/C6H7N5/c1-3-5-6(10-11-9-5)4(2)8-7-3/h1-2H3,(H,9,10,11). The van der Waals surface area contributed by atoms with E-state index in [4.69, 9.17) is 0 Å². The second-order valence-corrected chi connectivity index (χ2v) is 2.41. The number of aryl methyl sites for hydroxylation is 2. The van der Waals surface area contributed by atoms with E-state index >= 15 is 0 Å². The van der Waals surface area contributed by atoms with Crippen LogP contribution in [0.15, 0.2) is 0 Å². The number of nitrogens with zero attached hydrogens (tertiary/aromatic N) is 4. The third-order valence-electron chi connectivity index (χ3n) is 1.60. The Labute approximate surface area is 62.8 Å². The predicted molar refractivity (Wildman–Crippen MR) is 39.0 cm³/mol. The normalized spacial score (nSPS) is 10.7. The highest BCUT2D eigenvalue weighted by molar-refractivity contribution is 5.77. The molecule has 11 heavy (non-hydrogen) atoms. The second-order valence-electron chi connectivity index (χ2n) is 2.41. The fourth-order valence-corrected chi connectivity index (χ4v) is 0.981. The maximum absolute atomic E-state index is 3.92. The summed E-state index contributed by atoms with van der Waals surface area (Å²) in [7, 11) is 0. The van der Waals surface area contributed by atoms with Crippen LogP contribution >= 0.6 is 0 Å². The Kier molecular flexibility index (Phi) is 1.12. The molecular formula is C6H7N5. The Morgan fingerprint density at radius 2 is 1.73 bits per heavy atom. The van der Waals surface area contributed by atoms with Gasteiger partial charge in [-0.3, -0.25) is 5.10 Å². The van der Waals surface area contributed by atoms with Gasteiger partial charge in [-0.15, -0.1) is 5.10 Å². The van der Waals surface area contributed by atoms with E-state index in [0.29, 0.717) is 0 Å². The minimum Gasteiger partial charge on any atom is -0.256 e. The average Bonchev–Trinajstić information content (AvgIpc) is 2.45. The summed E-state index contributed by atoms with van der Waals surface area (Å²) in [6, 6.07) is 0.